The highest BCUT2D eigenvalue weighted by molar-refractivity contribution is 5.72. The Morgan fingerprint density at radius 3 is 2.68 bits per heavy atom. The number of fused-ring (bicyclic) bond motifs is 1. The summed E-state index contributed by atoms with van der Waals surface area (Å²) in [6.07, 6.45) is 1.23. The first-order valence-corrected chi connectivity index (χ1v) is 8.56. The standard InChI is InChI=1S/C20H17N3O5/c1-2-18(20(24)25)28-13-16-17(22-12-4-3-5-19(22)21-16)11-8-14-6-9-15(10-7-14)23(26)27/h3-7,9-10,12,18H,2,13H2,1H3,(H,24,25). The van der Waals surface area contributed by atoms with Crippen molar-refractivity contribution in [2.45, 2.75) is 26.1 Å². The van der Waals surface area contributed by atoms with Gasteiger partial charge in [0.05, 0.1) is 11.5 Å². The summed E-state index contributed by atoms with van der Waals surface area (Å²) in [7, 11) is 0. The smallest absolute Gasteiger partial charge is 0.332 e. The highest BCUT2D eigenvalue weighted by Crippen LogP contribution is 2.15. The van der Waals surface area contributed by atoms with Crippen LogP contribution >= 0.6 is 0 Å². The fraction of sp³-hybridized carbons (Fsp3) is 0.200. The molecule has 1 aromatic carbocycles. The third-order valence-corrected chi connectivity index (χ3v) is 4.07. The number of pyridine rings is 1. The molecule has 2 aromatic heterocycles. The lowest BCUT2D eigenvalue weighted by atomic mass is 10.2. The molecule has 1 N–H and O–H groups in total. The number of nitro benzene ring substituents is 1. The molecule has 2 heterocycles. The zero-order valence-electron chi connectivity index (χ0n) is 15.0. The van der Waals surface area contributed by atoms with Gasteiger partial charge in [-0.1, -0.05) is 18.9 Å². The molecule has 0 saturated carbocycles. The fourth-order valence-corrected chi connectivity index (χ4v) is 2.62. The number of ether oxygens (including phenoxy) is 1. The molecule has 3 aromatic rings. The second-order valence-corrected chi connectivity index (χ2v) is 5.94. The number of hydrogen-bond donors (Lipinski definition) is 1. The second-order valence-electron chi connectivity index (χ2n) is 5.94. The van der Waals surface area contributed by atoms with Gasteiger partial charge in [0.2, 0.25) is 0 Å². The maximum atomic E-state index is 11.2. The second kappa shape index (κ2) is 8.33. The van der Waals surface area contributed by atoms with Gasteiger partial charge in [-0.2, -0.15) is 0 Å². The van der Waals surface area contributed by atoms with Gasteiger partial charge >= 0.3 is 5.97 Å². The summed E-state index contributed by atoms with van der Waals surface area (Å²) in [5.74, 6) is 4.97. The first kappa shape index (κ1) is 19.1. The number of carboxylic acid groups (broad SMARTS) is 1. The first-order chi connectivity index (χ1) is 13.5. The molecule has 3 rings (SSSR count). The Kier molecular flexibility index (Phi) is 5.67. The molecular formula is C20H17N3O5. The summed E-state index contributed by atoms with van der Waals surface area (Å²) in [6, 6.07) is 11.4. The van der Waals surface area contributed by atoms with Crippen LogP contribution in [0.15, 0.2) is 48.7 Å². The van der Waals surface area contributed by atoms with Crippen molar-refractivity contribution in [2.24, 2.45) is 0 Å². The number of aromatic nitrogens is 2. The predicted octanol–water partition coefficient (Wildman–Crippen LogP) is 3.02. The Balaban J connectivity index is 1.93. The molecule has 0 amide bonds. The maximum absolute atomic E-state index is 11.2. The van der Waals surface area contributed by atoms with Gasteiger partial charge in [-0.15, -0.1) is 0 Å². The van der Waals surface area contributed by atoms with Crippen LogP contribution in [0.3, 0.4) is 0 Å². The van der Waals surface area contributed by atoms with Crippen LogP contribution in [0.2, 0.25) is 0 Å². The van der Waals surface area contributed by atoms with E-state index in [2.05, 4.69) is 16.8 Å². The number of carboxylic acids is 1. The van der Waals surface area contributed by atoms with Gasteiger partial charge in [-0.05, 0) is 36.6 Å². The van der Waals surface area contributed by atoms with E-state index < -0.39 is 17.0 Å². The van der Waals surface area contributed by atoms with Crippen LogP contribution in [0.1, 0.15) is 30.3 Å². The van der Waals surface area contributed by atoms with Crippen molar-refractivity contribution in [1.82, 2.24) is 9.38 Å². The van der Waals surface area contributed by atoms with Crippen molar-refractivity contribution in [1.29, 1.82) is 0 Å². The number of benzene rings is 1. The molecule has 8 nitrogen and oxygen atoms in total. The maximum Gasteiger partial charge on any atom is 0.332 e. The lowest BCUT2D eigenvalue weighted by molar-refractivity contribution is -0.384. The number of nitro groups is 1. The Labute approximate surface area is 160 Å². The average molecular weight is 379 g/mol. The van der Waals surface area contributed by atoms with Gasteiger partial charge in [-0.25, -0.2) is 9.78 Å². The molecule has 0 aliphatic rings. The summed E-state index contributed by atoms with van der Waals surface area (Å²) < 4.78 is 7.28. The van der Waals surface area contributed by atoms with Crippen molar-refractivity contribution in [2.75, 3.05) is 0 Å². The number of imidazole rings is 1. The Morgan fingerprint density at radius 1 is 1.29 bits per heavy atom. The van der Waals surface area contributed by atoms with Crippen molar-refractivity contribution in [3.8, 4) is 11.8 Å². The Hall–Kier alpha value is -3.70. The van der Waals surface area contributed by atoms with Gasteiger partial charge in [0, 0.05) is 23.9 Å². The van der Waals surface area contributed by atoms with E-state index in [1.807, 2.05) is 18.2 Å². The molecule has 1 atom stereocenters. The van der Waals surface area contributed by atoms with E-state index in [0.29, 0.717) is 29.0 Å². The Morgan fingerprint density at radius 2 is 2.04 bits per heavy atom. The van der Waals surface area contributed by atoms with Gasteiger partial charge in [-0.3, -0.25) is 14.5 Å². The highest BCUT2D eigenvalue weighted by atomic mass is 16.6. The zero-order chi connectivity index (χ0) is 20.1. The van der Waals surface area contributed by atoms with Crippen LogP contribution in [0, 0.1) is 22.0 Å². The van der Waals surface area contributed by atoms with E-state index in [0.717, 1.165) is 0 Å². The monoisotopic (exact) mass is 379 g/mol. The van der Waals surface area contributed by atoms with Crippen molar-refractivity contribution in [3.05, 3.63) is 75.7 Å². The van der Waals surface area contributed by atoms with Crippen LogP contribution in [-0.4, -0.2) is 31.5 Å². The van der Waals surface area contributed by atoms with Crippen molar-refractivity contribution >= 4 is 17.3 Å². The molecule has 0 fully saturated rings. The van der Waals surface area contributed by atoms with Crippen LogP contribution in [-0.2, 0) is 16.1 Å². The van der Waals surface area contributed by atoms with E-state index in [-0.39, 0.29) is 12.3 Å². The molecule has 0 saturated heterocycles. The number of non-ortho nitro benzene ring substituents is 1. The summed E-state index contributed by atoms with van der Waals surface area (Å²) in [5.41, 5.74) is 2.38. The third kappa shape index (κ3) is 4.16. The molecule has 0 aliphatic carbocycles. The lowest BCUT2D eigenvalue weighted by Crippen LogP contribution is -2.22. The fourth-order valence-electron chi connectivity index (χ4n) is 2.62. The summed E-state index contributed by atoms with van der Waals surface area (Å²) in [6.45, 7) is 1.74. The van der Waals surface area contributed by atoms with Gasteiger partial charge in [0.15, 0.2) is 6.10 Å². The summed E-state index contributed by atoms with van der Waals surface area (Å²) >= 11 is 0. The molecule has 0 bridgehead atoms. The number of carbonyl (C=O) groups is 1. The predicted molar refractivity (Wildman–Crippen MR) is 101 cm³/mol. The van der Waals surface area contributed by atoms with E-state index in [4.69, 9.17) is 9.84 Å². The number of rotatable bonds is 6. The number of aliphatic carboxylic acids is 1. The normalized spacial score (nSPS) is 11.6. The van der Waals surface area contributed by atoms with E-state index >= 15 is 0 Å². The average Bonchev–Trinajstić information content (AvgIpc) is 3.04. The minimum atomic E-state index is -1.02. The van der Waals surface area contributed by atoms with Gasteiger partial charge < -0.3 is 9.84 Å². The van der Waals surface area contributed by atoms with E-state index in [9.17, 15) is 14.9 Å². The summed E-state index contributed by atoms with van der Waals surface area (Å²) in [5, 5.41) is 19.9. The topological polar surface area (TPSA) is 107 Å². The lowest BCUT2D eigenvalue weighted by Gasteiger charge is -2.10. The summed E-state index contributed by atoms with van der Waals surface area (Å²) in [4.78, 5) is 25.9. The van der Waals surface area contributed by atoms with Gasteiger partial charge in [0.25, 0.3) is 5.69 Å². The SMILES string of the molecule is CCC(OCc1nc2ccccn2c1C#Cc1ccc([N+](=O)[O-])cc1)C(=O)O. The Bertz CT molecular complexity index is 1080. The highest BCUT2D eigenvalue weighted by Gasteiger charge is 2.18. The van der Waals surface area contributed by atoms with E-state index in [1.54, 1.807) is 29.7 Å². The zero-order valence-corrected chi connectivity index (χ0v) is 15.0. The van der Waals surface area contributed by atoms with E-state index in [1.165, 1.54) is 12.1 Å². The van der Waals surface area contributed by atoms with Crippen LogP contribution in [0.25, 0.3) is 5.65 Å². The quantitative estimate of drug-likeness (QED) is 0.401. The van der Waals surface area contributed by atoms with Crippen LogP contribution in [0.5, 0.6) is 0 Å². The first-order valence-electron chi connectivity index (χ1n) is 8.56. The minimum Gasteiger partial charge on any atom is -0.479 e. The van der Waals surface area contributed by atoms with Crippen LogP contribution < -0.4 is 0 Å². The van der Waals surface area contributed by atoms with Crippen LogP contribution in [0.4, 0.5) is 5.69 Å². The molecule has 0 aliphatic heterocycles. The number of hydrogen-bond acceptors (Lipinski definition) is 5. The largest absolute Gasteiger partial charge is 0.479 e. The molecule has 1 unspecified atom stereocenters. The van der Waals surface area contributed by atoms with Gasteiger partial charge in [0.1, 0.15) is 17.0 Å². The van der Waals surface area contributed by atoms with Crippen molar-refractivity contribution < 1.29 is 19.6 Å². The molecular weight excluding hydrogens is 362 g/mol. The molecule has 142 valence electrons. The third-order valence-electron chi connectivity index (χ3n) is 4.07. The molecule has 0 radical (unpaired) electrons. The molecule has 28 heavy (non-hydrogen) atoms. The van der Waals surface area contributed by atoms with Crippen molar-refractivity contribution in [3.63, 3.8) is 0 Å². The number of nitrogens with zero attached hydrogens (tertiary/aromatic N) is 3. The molecule has 0 spiro atoms. The molecule has 8 heteroatoms. The minimum absolute atomic E-state index is 0.00582.